The maximum atomic E-state index is 6.82. The van der Waals surface area contributed by atoms with Gasteiger partial charge in [0.05, 0.1) is 11.1 Å². The summed E-state index contributed by atoms with van der Waals surface area (Å²) in [5.41, 5.74) is 3.80. The van der Waals surface area contributed by atoms with Crippen LogP contribution in [0.1, 0.15) is 91.5 Å². The van der Waals surface area contributed by atoms with E-state index in [4.69, 9.17) is 14.7 Å². The fraction of sp³-hybridized carbons (Fsp3) is 0.517. The van der Waals surface area contributed by atoms with Crippen molar-refractivity contribution < 1.29 is 4.74 Å². The number of ether oxygens (including phenoxy) is 1. The van der Waals surface area contributed by atoms with Gasteiger partial charge in [0.2, 0.25) is 0 Å². The molecule has 2 aromatic carbocycles. The van der Waals surface area contributed by atoms with E-state index in [1.807, 2.05) is 0 Å². The van der Waals surface area contributed by atoms with Crippen LogP contribution in [0.25, 0.3) is 0 Å². The lowest BCUT2D eigenvalue weighted by atomic mass is 9.74. The van der Waals surface area contributed by atoms with Crippen molar-refractivity contribution >= 4 is 11.7 Å². The van der Waals surface area contributed by atoms with Crippen molar-refractivity contribution in [2.75, 3.05) is 13.1 Å². The molecule has 0 atom stereocenters. The topological polar surface area (TPSA) is 58.0 Å². The highest BCUT2D eigenvalue weighted by Crippen LogP contribution is 2.50. The van der Waals surface area contributed by atoms with Crippen molar-refractivity contribution in [2.45, 2.75) is 85.7 Å². The highest BCUT2D eigenvalue weighted by Gasteiger charge is 2.38. The maximum absolute atomic E-state index is 6.82. The van der Waals surface area contributed by atoms with Crippen molar-refractivity contribution in [1.82, 2.24) is 10.6 Å². The largest absolute Gasteiger partial charge is 0.455 e. The zero-order valence-corrected chi connectivity index (χ0v) is 22.7. The third kappa shape index (κ3) is 5.45. The van der Waals surface area contributed by atoms with Crippen molar-refractivity contribution in [1.29, 1.82) is 0 Å². The van der Waals surface area contributed by atoms with E-state index >= 15 is 0 Å². The molecule has 0 amide bonds. The number of rotatable bonds is 4. The molecule has 0 spiro atoms. The minimum absolute atomic E-state index is 0.123. The van der Waals surface area contributed by atoms with E-state index in [-0.39, 0.29) is 16.5 Å². The molecular weight excluding hydrogens is 420 g/mol. The SMILES string of the molecule is CCN=C(NC(C)(C)C)c1cccc2c1Oc1c(C(=NCC)NC(C)(C)C)cccc1C2(C)C. The summed E-state index contributed by atoms with van der Waals surface area (Å²) in [5.74, 6) is 3.45. The fourth-order valence-electron chi connectivity index (χ4n) is 4.31. The van der Waals surface area contributed by atoms with Gasteiger partial charge in [-0.05, 0) is 67.5 Å². The molecule has 0 bridgehead atoms. The quantitative estimate of drug-likeness (QED) is 0.407. The van der Waals surface area contributed by atoms with Gasteiger partial charge in [0.25, 0.3) is 0 Å². The highest BCUT2D eigenvalue weighted by atomic mass is 16.5. The zero-order chi connectivity index (χ0) is 25.3. The first kappa shape index (κ1) is 25.8. The van der Waals surface area contributed by atoms with E-state index in [1.165, 1.54) is 0 Å². The Hall–Kier alpha value is -2.82. The Balaban J connectivity index is 2.23. The zero-order valence-electron chi connectivity index (χ0n) is 22.7. The Bertz CT molecular complexity index is 1010. The van der Waals surface area contributed by atoms with Crippen LogP contribution in [0, 0.1) is 0 Å². The Kier molecular flexibility index (Phi) is 7.16. The van der Waals surface area contributed by atoms with Crippen molar-refractivity contribution in [3.63, 3.8) is 0 Å². The Morgan fingerprint density at radius 2 is 1.12 bits per heavy atom. The summed E-state index contributed by atoms with van der Waals surface area (Å²) in [6.07, 6.45) is 0. The van der Waals surface area contributed by atoms with Crippen LogP contribution in [0.4, 0.5) is 0 Å². The first-order chi connectivity index (χ1) is 15.8. The minimum Gasteiger partial charge on any atom is -0.455 e. The van der Waals surface area contributed by atoms with Crippen LogP contribution in [0.5, 0.6) is 11.5 Å². The minimum atomic E-state index is -0.243. The summed E-state index contributed by atoms with van der Waals surface area (Å²) in [4.78, 5) is 9.63. The molecule has 1 aliphatic heterocycles. The number of nitrogens with zero attached hydrogens (tertiary/aromatic N) is 2. The predicted molar refractivity (Wildman–Crippen MR) is 145 cm³/mol. The second-order valence-corrected chi connectivity index (χ2v) is 11.5. The molecule has 0 radical (unpaired) electrons. The van der Waals surface area contributed by atoms with Gasteiger partial charge in [-0.1, -0.05) is 38.1 Å². The molecule has 0 saturated heterocycles. The molecule has 1 heterocycles. The monoisotopic (exact) mass is 462 g/mol. The average molecular weight is 463 g/mol. The normalized spacial score (nSPS) is 15.8. The predicted octanol–water partition coefficient (Wildman–Crippen LogP) is 6.43. The second kappa shape index (κ2) is 9.44. The third-order valence-corrected chi connectivity index (χ3v) is 5.71. The van der Waals surface area contributed by atoms with Crippen LogP contribution in [-0.4, -0.2) is 35.8 Å². The molecule has 0 unspecified atom stereocenters. The number of amidine groups is 2. The lowest BCUT2D eigenvalue weighted by Gasteiger charge is -2.37. The van der Waals surface area contributed by atoms with E-state index in [0.717, 1.165) is 45.4 Å². The summed E-state index contributed by atoms with van der Waals surface area (Å²) < 4.78 is 6.82. The molecule has 5 heteroatoms. The van der Waals surface area contributed by atoms with Crippen molar-refractivity contribution in [3.05, 3.63) is 58.7 Å². The maximum Gasteiger partial charge on any atom is 0.142 e. The second-order valence-electron chi connectivity index (χ2n) is 11.5. The van der Waals surface area contributed by atoms with Crippen molar-refractivity contribution in [2.24, 2.45) is 9.98 Å². The molecule has 184 valence electrons. The first-order valence-corrected chi connectivity index (χ1v) is 12.4. The number of nitrogens with one attached hydrogen (secondary N) is 2. The van der Waals surface area contributed by atoms with E-state index < -0.39 is 0 Å². The lowest BCUT2D eigenvalue weighted by Crippen LogP contribution is -2.42. The van der Waals surface area contributed by atoms with Crippen molar-refractivity contribution in [3.8, 4) is 11.5 Å². The first-order valence-electron chi connectivity index (χ1n) is 12.4. The van der Waals surface area contributed by atoms with E-state index in [1.54, 1.807) is 0 Å². The third-order valence-electron chi connectivity index (χ3n) is 5.71. The number of fused-ring (bicyclic) bond motifs is 2. The fourth-order valence-corrected chi connectivity index (χ4v) is 4.31. The smallest absolute Gasteiger partial charge is 0.142 e. The van der Waals surface area contributed by atoms with Crippen LogP contribution >= 0.6 is 0 Å². The van der Waals surface area contributed by atoms with Gasteiger partial charge in [-0.2, -0.15) is 0 Å². The molecule has 1 aliphatic rings. The molecule has 2 aromatic rings. The number of hydrogen-bond donors (Lipinski definition) is 2. The van der Waals surface area contributed by atoms with Gasteiger partial charge in [-0.3, -0.25) is 9.98 Å². The Morgan fingerprint density at radius 1 is 0.735 bits per heavy atom. The number of benzene rings is 2. The van der Waals surface area contributed by atoms with Gasteiger partial charge in [0, 0.05) is 40.7 Å². The van der Waals surface area contributed by atoms with Crippen LogP contribution in [0.3, 0.4) is 0 Å². The molecular formula is C29H42N4O. The average Bonchev–Trinajstić information content (AvgIpc) is 2.71. The van der Waals surface area contributed by atoms with Gasteiger partial charge in [-0.15, -0.1) is 0 Å². The standard InChI is InChI=1S/C29H42N4O/c1-11-30-25(32-27(3,4)5)19-15-13-17-21-23(19)34-24-20(16-14-18-22(24)29(21,9)10)26(31-12-2)33-28(6,7)8/h13-18H,11-12H2,1-10H3,(H,30,32)(H,31,33). The van der Waals surface area contributed by atoms with E-state index in [0.29, 0.717) is 13.1 Å². The van der Waals surface area contributed by atoms with E-state index in [2.05, 4.69) is 116 Å². The lowest BCUT2D eigenvalue weighted by molar-refractivity contribution is 0.414. The van der Waals surface area contributed by atoms with Crippen LogP contribution in [-0.2, 0) is 5.41 Å². The molecule has 34 heavy (non-hydrogen) atoms. The highest BCUT2D eigenvalue weighted by molar-refractivity contribution is 6.04. The Labute approximate surface area is 206 Å². The van der Waals surface area contributed by atoms with Crippen LogP contribution in [0.15, 0.2) is 46.4 Å². The van der Waals surface area contributed by atoms with Gasteiger partial charge >= 0.3 is 0 Å². The number of para-hydroxylation sites is 2. The summed E-state index contributed by atoms with van der Waals surface area (Å²) in [5, 5.41) is 7.20. The molecule has 0 fully saturated rings. The summed E-state index contributed by atoms with van der Waals surface area (Å²) in [7, 11) is 0. The van der Waals surface area contributed by atoms with E-state index in [9.17, 15) is 0 Å². The number of hydrogen-bond acceptors (Lipinski definition) is 3. The van der Waals surface area contributed by atoms with Gasteiger partial charge in [-0.25, -0.2) is 0 Å². The molecule has 3 rings (SSSR count). The molecule has 0 saturated carbocycles. The summed E-state index contributed by atoms with van der Waals surface area (Å²) >= 11 is 0. The van der Waals surface area contributed by atoms with Crippen LogP contribution < -0.4 is 15.4 Å². The molecule has 0 aliphatic carbocycles. The summed E-state index contributed by atoms with van der Waals surface area (Å²) in [6, 6.07) is 12.8. The van der Waals surface area contributed by atoms with Gasteiger partial charge in [0.15, 0.2) is 0 Å². The Morgan fingerprint density at radius 3 is 1.44 bits per heavy atom. The van der Waals surface area contributed by atoms with Gasteiger partial charge < -0.3 is 15.4 Å². The molecule has 2 N–H and O–H groups in total. The molecule has 5 nitrogen and oxygen atoms in total. The van der Waals surface area contributed by atoms with Crippen LogP contribution in [0.2, 0.25) is 0 Å². The number of aliphatic imine (C=N–C) groups is 2. The van der Waals surface area contributed by atoms with Gasteiger partial charge in [0.1, 0.15) is 23.2 Å². The molecule has 0 aromatic heterocycles. The summed E-state index contributed by atoms with van der Waals surface area (Å²) in [6.45, 7) is 22.9.